The van der Waals surface area contributed by atoms with Crippen molar-refractivity contribution in [3.63, 3.8) is 0 Å². The van der Waals surface area contributed by atoms with Gasteiger partial charge in [0, 0.05) is 11.7 Å². The van der Waals surface area contributed by atoms with E-state index in [0.717, 1.165) is 6.42 Å². The molecule has 30 heavy (non-hydrogen) atoms. The summed E-state index contributed by atoms with van der Waals surface area (Å²) in [6.45, 7) is 9.58. The summed E-state index contributed by atoms with van der Waals surface area (Å²) in [6.07, 6.45) is 6.05. The molecule has 0 aromatic rings. The van der Waals surface area contributed by atoms with Crippen molar-refractivity contribution in [2.75, 3.05) is 5.75 Å². The van der Waals surface area contributed by atoms with Gasteiger partial charge in [0.1, 0.15) is 0 Å². The van der Waals surface area contributed by atoms with Crippen LogP contribution >= 0.6 is 0 Å². The van der Waals surface area contributed by atoms with Gasteiger partial charge in [0.05, 0.1) is 18.3 Å². The molecule has 0 amide bonds. The zero-order valence-electron chi connectivity index (χ0n) is 19.3. The van der Waals surface area contributed by atoms with Crippen LogP contribution in [0.25, 0.3) is 0 Å². The van der Waals surface area contributed by atoms with Gasteiger partial charge in [0.25, 0.3) is 0 Å². The van der Waals surface area contributed by atoms with Gasteiger partial charge in [-0.25, -0.2) is 4.21 Å². The van der Waals surface area contributed by atoms with Crippen LogP contribution < -0.4 is 0 Å². The van der Waals surface area contributed by atoms with Crippen LogP contribution in [0.5, 0.6) is 0 Å². The van der Waals surface area contributed by atoms with Crippen molar-refractivity contribution in [3.05, 3.63) is 0 Å². The highest BCUT2D eigenvalue weighted by Gasteiger charge is 2.57. The first-order valence-electron chi connectivity index (χ1n) is 12.1. The van der Waals surface area contributed by atoms with Crippen molar-refractivity contribution in [3.8, 4) is 0 Å². The Balaban J connectivity index is 1.81. The van der Waals surface area contributed by atoms with Gasteiger partial charge < -0.3 is 19.9 Å². The van der Waals surface area contributed by atoms with Crippen LogP contribution in [-0.4, -0.2) is 48.1 Å². The van der Waals surface area contributed by atoms with Gasteiger partial charge in [-0.15, -0.1) is 0 Å². The average molecular weight is 445 g/mol. The molecule has 0 spiro atoms. The summed E-state index contributed by atoms with van der Waals surface area (Å²) in [7, 11) is 0. The lowest BCUT2D eigenvalue weighted by molar-refractivity contribution is -0.165. The molecule has 3 rings (SSSR count). The molecule has 3 fully saturated rings. The fraction of sp³-hybridized carbons (Fsp3) is 1.00. The summed E-state index contributed by atoms with van der Waals surface area (Å²) in [5.41, 5.74) is 0.343. The van der Waals surface area contributed by atoms with Crippen molar-refractivity contribution in [2.24, 2.45) is 40.4 Å². The van der Waals surface area contributed by atoms with Crippen LogP contribution in [-0.2, 0) is 11.1 Å². The Hall–Kier alpha value is -0.0100. The molecule has 0 radical (unpaired) electrons. The zero-order valence-corrected chi connectivity index (χ0v) is 20.1. The molecule has 0 aliphatic heterocycles. The molecule has 176 valence electrons. The van der Waals surface area contributed by atoms with Gasteiger partial charge >= 0.3 is 0 Å². The Bertz CT molecular complexity index is 614. The lowest BCUT2D eigenvalue weighted by Crippen LogP contribution is -2.57. The van der Waals surface area contributed by atoms with E-state index in [1.807, 2.05) is 0 Å². The van der Waals surface area contributed by atoms with E-state index in [9.17, 15) is 19.5 Å². The van der Waals surface area contributed by atoms with Crippen molar-refractivity contribution < 1.29 is 24.1 Å². The van der Waals surface area contributed by atoms with Crippen LogP contribution in [0, 0.1) is 40.4 Å². The second kappa shape index (κ2) is 9.46. The van der Waals surface area contributed by atoms with Crippen LogP contribution in [0.4, 0.5) is 0 Å². The van der Waals surface area contributed by atoms with E-state index < -0.39 is 29.4 Å². The number of rotatable bonds is 6. The molecule has 6 heteroatoms. The Kier molecular flexibility index (Phi) is 7.77. The van der Waals surface area contributed by atoms with Crippen molar-refractivity contribution >= 4 is 11.1 Å². The van der Waals surface area contributed by atoms with Crippen LogP contribution in [0.3, 0.4) is 0 Å². The monoisotopic (exact) mass is 444 g/mol. The van der Waals surface area contributed by atoms with E-state index in [2.05, 4.69) is 27.7 Å². The van der Waals surface area contributed by atoms with Gasteiger partial charge in [0.15, 0.2) is 11.1 Å². The summed E-state index contributed by atoms with van der Waals surface area (Å²) >= 11 is -1.83. The minimum absolute atomic E-state index is 0.0303. The van der Waals surface area contributed by atoms with E-state index in [-0.39, 0.29) is 23.0 Å². The lowest BCUT2D eigenvalue weighted by Gasteiger charge is -2.61. The first kappa shape index (κ1) is 24.6. The van der Waals surface area contributed by atoms with Crippen molar-refractivity contribution in [1.29, 1.82) is 0 Å². The van der Waals surface area contributed by atoms with Crippen LogP contribution in [0.1, 0.15) is 85.5 Å². The SMILES string of the molecule is CC1CCC2(C)C(CCC[C@@H]2C)C1(C)CC1C(O)C(O)CC(CCCS(=O)O)C1O. The summed E-state index contributed by atoms with van der Waals surface area (Å²) in [5, 5.41) is 32.7. The Morgan fingerprint density at radius 1 is 1.00 bits per heavy atom. The molecule has 0 saturated heterocycles. The molecule has 0 aromatic heterocycles. The summed E-state index contributed by atoms with van der Waals surface area (Å²) < 4.78 is 20.0. The predicted octanol–water partition coefficient (Wildman–Crippen LogP) is 3.98. The lowest BCUT2D eigenvalue weighted by atomic mass is 9.44. The third-order valence-electron chi connectivity index (χ3n) is 9.96. The number of aliphatic hydroxyl groups is 3. The number of hydrogen-bond acceptors (Lipinski definition) is 4. The average Bonchev–Trinajstić information content (AvgIpc) is 2.68. The highest BCUT2D eigenvalue weighted by Crippen LogP contribution is 2.64. The van der Waals surface area contributed by atoms with E-state index in [4.69, 9.17) is 4.55 Å². The molecule has 4 N–H and O–H groups in total. The standard InChI is InChI=1S/C24H44O5S/c1-15-7-5-9-20-23(15,3)11-10-16(2)24(20,4)14-18-21(26)17(8-6-12-30(28)29)13-19(25)22(18)27/h15-22,25-27H,5-14H2,1-4H3,(H,28,29)/t15-,16?,17?,18?,19?,20?,21?,22?,23?,24?/m0/s1. The molecule has 10 unspecified atom stereocenters. The Labute approximate surface area is 185 Å². The summed E-state index contributed by atoms with van der Waals surface area (Å²) in [6, 6.07) is 0. The fourth-order valence-electron chi connectivity index (χ4n) is 7.61. The first-order valence-corrected chi connectivity index (χ1v) is 13.4. The number of hydrogen-bond donors (Lipinski definition) is 4. The van der Waals surface area contributed by atoms with E-state index in [1.54, 1.807) is 0 Å². The normalized spacial score (nSPS) is 50.7. The highest BCUT2D eigenvalue weighted by atomic mass is 32.2. The third-order valence-corrected chi connectivity index (χ3v) is 10.6. The smallest absolute Gasteiger partial charge is 0.152 e. The minimum atomic E-state index is -1.83. The maximum absolute atomic E-state index is 11.2. The molecule has 3 saturated carbocycles. The fourth-order valence-corrected chi connectivity index (χ4v) is 8.03. The van der Waals surface area contributed by atoms with Crippen molar-refractivity contribution in [1.82, 2.24) is 0 Å². The molecule has 3 aliphatic rings. The van der Waals surface area contributed by atoms with Gasteiger partial charge in [-0.1, -0.05) is 40.5 Å². The summed E-state index contributed by atoms with van der Waals surface area (Å²) in [5.74, 6) is 1.52. The molecule has 11 atom stereocenters. The van der Waals surface area contributed by atoms with Gasteiger partial charge in [-0.2, -0.15) is 0 Å². The Morgan fingerprint density at radius 2 is 1.70 bits per heavy atom. The van der Waals surface area contributed by atoms with Crippen LogP contribution in [0.2, 0.25) is 0 Å². The number of aliphatic hydroxyl groups excluding tert-OH is 3. The van der Waals surface area contributed by atoms with Gasteiger partial charge in [0.2, 0.25) is 0 Å². The van der Waals surface area contributed by atoms with Gasteiger partial charge in [-0.05, 0) is 79.4 Å². The highest BCUT2D eigenvalue weighted by molar-refractivity contribution is 7.79. The molecular weight excluding hydrogens is 400 g/mol. The zero-order chi connectivity index (χ0) is 22.3. The quantitative estimate of drug-likeness (QED) is 0.465. The largest absolute Gasteiger partial charge is 0.392 e. The minimum Gasteiger partial charge on any atom is -0.392 e. The Morgan fingerprint density at radius 3 is 2.37 bits per heavy atom. The predicted molar refractivity (Wildman–Crippen MR) is 120 cm³/mol. The van der Waals surface area contributed by atoms with E-state index in [0.29, 0.717) is 42.4 Å². The molecular formula is C24H44O5S. The summed E-state index contributed by atoms with van der Waals surface area (Å²) in [4.78, 5) is 0. The molecule has 0 heterocycles. The maximum atomic E-state index is 11.2. The second-order valence-electron chi connectivity index (χ2n) is 11.4. The first-order chi connectivity index (χ1) is 14.0. The molecule has 0 aromatic carbocycles. The van der Waals surface area contributed by atoms with E-state index >= 15 is 0 Å². The molecule has 0 bridgehead atoms. The second-order valence-corrected chi connectivity index (χ2v) is 12.5. The van der Waals surface area contributed by atoms with E-state index in [1.165, 1.54) is 32.1 Å². The van der Waals surface area contributed by atoms with Gasteiger partial charge in [-0.3, -0.25) is 0 Å². The third kappa shape index (κ3) is 4.54. The molecule has 3 aliphatic carbocycles. The topological polar surface area (TPSA) is 98.0 Å². The number of fused-ring (bicyclic) bond motifs is 1. The van der Waals surface area contributed by atoms with Crippen molar-refractivity contribution in [2.45, 2.75) is 104 Å². The molecule has 5 nitrogen and oxygen atoms in total. The maximum Gasteiger partial charge on any atom is 0.152 e. The van der Waals surface area contributed by atoms with Crippen LogP contribution in [0.15, 0.2) is 0 Å².